The van der Waals surface area contributed by atoms with Crippen molar-refractivity contribution in [2.45, 2.75) is 20.8 Å². The summed E-state index contributed by atoms with van der Waals surface area (Å²) in [6.45, 7) is 5.85. The molecule has 15 heavy (non-hydrogen) atoms. The normalized spacial score (nSPS) is 10.3. The van der Waals surface area contributed by atoms with Crippen molar-refractivity contribution in [1.29, 1.82) is 0 Å². The maximum atomic E-state index is 11.5. The van der Waals surface area contributed by atoms with Crippen LogP contribution in [0.3, 0.4) is 0 Å². The van der Waals surface area contributed by atoms with E-state index < -0.39 is 0 Å². The molecular weight excluding hydrogens is 188 g/mol. The highest BCUT2D eigenvalue weighted by molar-refractivity contribution is 6.09. The van der Waals surface area contributed by atoms with Crippen molar-refractivity contribution in [2.24, 2.45) is 5.41 Å². The third-order valence-corrected chi connectivity index (χ3v) is 1.68. The fourth-order valence-electron chi connectivity index (χ4n) is 0.929. The van der Waals surface area contributed by atoms with Crippen molar-refractivity contribution >= 4 is 5.78 Å². The van der Waals surface area contributed by atoms with E-state index >= 15 is 0 Å². The van der Waals surface area contributed by atoms with Gasteiger partial charge in [0.2, 0.25) is 5.78 Å². The summed E-state index contributed by atoms with van der Waals surface area (Å²) in [5.41, 5.74) is 0.330. The number of aromatic hydroxyl groups is 1. The first-order valence-corrected chi connectivity index (χ1v) is 4.75. The molecule has 0 atom stereocenters. The smallest absolute Gasteiger partial charge is 0.235 e. The molecule has 0 amide bonds. The second-order valence-corrected chi connectivity index (χ2v) is 4.38. The quantitative estimate of drug-likeness (QED) is 0.432. The van der Waals surface area contributed by atoms with E-state index in [0.29, 0.717) is 5.56 Å². The van der Waals surface area contributed by atoms with Gasteiger partial charge in [-0.15, -0.1) is 0 Å². The van der Waals surface area contributed by atoms with E-state index in [1.54, 1.807) is 12.1 Å². The first-order chi connectivity index (χ1) is 6.88. The fourth-order valence-corrected chi connectivity index (χ4v) is 0.929. The van der Waals surface area contributed by atoms with Gasteiger partial charge in [-0.05, 0) is 51.0 Å². The minimum absolute atomic E-state index is 0.148. The average molecular weight is 202 g/mol. The lowest BCUT2D eigenvalue weighted by atomic mass is 9.97. The Morgan fingerprint density at radius 3 is 2.20 bits per heavy atom. The Balaban J connectivity index is 2.86. The molecule has 1 aromatic carbocycles. The van der Waals surface area contributed by atoms with Gasteiger partial charge in [0, 0.05) is 11.0 Å². The van der Waals surface area contributed by atoms with Crippen molar-refractivity contribution in [1.82, 2.24) is 0 Å². The molecule has 0 bridgehead atoms. The summed E-state index contributed by atoms with van der Waals surface area (Å²) < 4.78 is 0. The molecule has 1 rings (SSSR count). The average Bonchev–Trinajstić information content (AvgIpc) is 2.14. The lowest BCUT2D eigenvalue weighted by Crippen LogP contribution is -2.02. The predicted octanol–water partition coefficient (Wildman–Crippen LogP) is 2.62. The molecule has 1 aromatic rings. The summed E-state index contributed by atoms with van der Waals surface area (Å²) in [7, 11) is 0. The molecule has 0 aliphatic heterocycles. The van der Waals surface area contributed by atoms with Gasteiger partial charge in [0.15, 0.2) is 0 Å². The number of phenols is 1. The topological polar surface area (TPSA) is 37.3 Å². The van der Waals surface area contributed by atoms with Crippen LogP contribution in [-0.2, 0) is 0 Å². The van der Waals surface area contributed by atoms with E-state index in [-0.39, 0.29) is 16.9 Å². The van der Waals surface area contributed by atoms with Crippen LogP contribution in [0.1, 0.15) is 31.1 Å². The van der Waals surface area contributed by atoms with Gasteiger partial charge in [0.05, 0.1) is 0 Å². The molecule has 0 aliphatic carbocycles. The van der Waals surface area contributed by atoms with Gasteiger partial charge in [-0.25, -0.2) is 0 Å². The summed E-state index contributed by atoms with van der Waals surface area (Å²) in [6, 6.07) is 6.09. The second kappa shape index (κ2) is 4.18. The Hall–Kier alpha value is -1.75. The first-order valence-electron chi connectivity index (χ1n) is 4.75. The van der Waals surface area contributed by atoms with Crippen molar-refractivity contribution in [3.8, 4) is 17.6 Å². The largest absolute Gasteiger partial charge is 0.508 e. The first kappa shape index (κ1) is 11.3. The van der Waals surface area contributed by atoms with Crippen LogP contribution in [0.2, 0.25) is 0 Å². The van der Waals surface area contributed by atoms with Crippen LogP contribution in [-0.4, -0.2) is 10.9 Å². The Morgan fingerprint density at radius 1 is 1.20 bits per heavy atom. The van der Waals surface area contributed by atoms with Crippen LogP contribution in [0.5, 0.6) is 5.75 Å². The predicted molar refractivity (Wildman–Crippen MR) is 59.7 cm³/mol. The summed E-state index contributed by atoms with van der Waals surface area (Å²) in [4.78, 5) is 11.5. The Kier molecular flexibility index (Phi) is 3.16. The van der Waals surface area contributed by atoms with Gasteiger partial charge in [-0.1, -0.05) is 5.92 Å². The molecule has 0 fully saturated rings. The van der Waals surface area contributed by atoms with Crippen molar-refractivity contribution in [2.75, 3.05) is 0 Å². The number of carbonyl (C=O) groups excluding carboxylic acids is 1. The standard InChI is InChI=1S/C13H14O2/c1-13(2,3)9-8-12(15)10-4-6-11(14)7-5-10/h4-7,14H,1-3H3. The van der Waals surface area contributed by atoms with Crippen LogP contribution in [0, 0.1) is 17.3 Å². The summed E-state index contributed by atoms with van der Waals surface area (Å²) in [6.07, 6.45) is 0. The second-order valence-electron chi connectivity index (χ2n) is 4.38. The SMILES string of the molecule is CC(C)(C)C#CC(=O)c1ccc(O)cc1. The molecule has 2 nitrogen and oxygen atoms in total. The molecule has 0 aliphatic rings. The molecule has 0 saturated carbocycles. The van der Waals surface area contributed by atoms with Crippen molar-refractivity contribution in [3.63, 3.8) is 0 Å². The van der Waals surface area contributed by atoms with E-state index in [0.717, 1.165) is 0 Å². The lowest BCUT2D eigenvalue weighted by molar-refractivity contribution is 0.105. The molecule has 0 unspecified atom stereocenters. The monoisotopic (exact) mass is 202 g/mol. The Bertz CT molecular complexity index is 411. The number of phenolic OH excluding ortho intramolecular Hbond substituents is 1. The fraction of sp³-hybridized carbons (Fsp3) is 0.308. The van der Waals surface area contributed by atoms with Crippen LogP contribution < -0.4 is 0 Å². The minimum Gasteiger partial charge on any atom is -0.508 e. The van der Waals surface area contributed by atoms with Gasteiger partial charge < -0.3 is 5.11 Å². The molecule has 0 heterocycles. The summed E-state index contributed by atoms with van der Waals surface area (Å²) in [5.74, 6) is 5.39. The Morgan fingerprint density at radius 2 is 1.73 bits per heavy atom. The van der Waals surface area contributed by atoms with Gasteiger partial charge in [-0.3, -0.25) is 4.79 Å². The summed E-state index contributed by atoms with van der Waals surface area (Å²) >= 11 is 0. The zero-order valence-electron chi connectivity index (χ0n) is 9.16. The van der Waals surface area contributed by atoms with E-state index in [4.69, 9.17) is 5.11 Å². The Labute approximate surface area is 89.9 Å². The minimum atomic E-state index is -0.218. The van der Waals surface area contributed by atoms with Gasteiger partial charge in [0.25, 0.3) is 0 Å². The number of Topliss-reactive ketones (excluding diaryl/α,β-unsaturated/α-hetero) is 1. The number of benzene rings is 1. The molecule has 1 N–H and O–H groups in total. The van der Waals surface area contributed by atoms with E-state index in [1.165, 1.54) is 12.1 Å². The number of ketones is 1. The van der Waals surface area contributed by atoms with E-state index in [1.807, 2.05) is 20.8 Å². The molecule has 0 spiro atoms. The molecule has 0 aromatic heterocycles. The highest BCUT2D eigenvalue weighted by Gasteiger charge is 2.06. The third-order valence-electron chi connectivity index (χ3n) is 1.68. The van der Waals surface area contributed by atoms with Gasteiger partial charge >= 0.3 is 0 Å². The lowest BCUT2D eigenvalue weighted by Gasteiger charge is -2.06. The zero-order chi connectivity index (χ0) is 11.5. The molecule has 2 heteroatoms. The van der Waals surface area contributed by atoms with Crippen molar-refractivity contribution in [3.05, 3.63) is 29.8 Å². The maximum Gasteiger partial charge on any atom is 0.235 e. The molecule has 0 saturated heterocycles. The van der Waals surface area contributed by atoms with E-state index in [9.17, 15) is 4.79 Å². The van der Waals surface area contributed by atoms with Crippen LogP contribution >= 0.6 is 0 Å². The maximum absolute atomic E-state index is 11.5. The molecule has 0 radical (unpaired) electrons. The van der Waals surface area contributed by atoms with Crippen LogP contribution in [0.4, 0.5) is 0 Å². The molecular formula is C13H14O2. The molecule has 78 valence electrons. The van der Waals surface area contributed by atoms with Gasteiger partial charge in [-0.2, -0.15) is 0 Å². The number of hydrogen-bond donors (Lipinski definition) is 1. The van der Waals surface area contributed by atoms with Crippen molar-refractivity contribution < 1.29 is 9.90 Å². The third kappa shape index (κ3) is 3.86. The number of carbonyl (C=O) groups is 1. The van der Waals surface area contributed by atoms with Crippen LogP contribution in [0.15, 0.2) is 24.3 Å². The van der Waals surface area contributed by atoms with Crippen LogP contribution in [0.25, 0.3) is 0 Å². The summed E-state index contributed by atoms with van der Waals surface area (Å²) in [5, 5.41) is 9.05. The number of rotatable bonds is 1. The highest BCUT2D eigenvalue weighted by Crippen LogP contribution is 2.12. The zero-order valence-corrected chi connectivity index (χ0v) is 9.16. The highest BCUT2D eigenvalue weighted by atomic mass is 16.3. The van der Waals surface area contributed by atoms with E-state index in [2.05, 4.69) is 11.8 Å². The number of hydrogen-bond acceptors (Lipinski definition) is 2. The van der Waals surface area contributed by atoms with Gasteiger partial charge in [0.1, 0.15) is 5.75 Å².